The summed E-state index contributed by atoms with van der Waals surface area (Å²) in [6, 6.07) is 8.57. The maximum absolute atomic E-state index is 13.2. The molecule has 0 aliphatic heterocycles. The van der Waals surface area contributed by atoms with E-state index >= 15 is 0 Å². The molecule has 8 nitrogen and oxygen atoms in total. The number of carbonyl (C=O) groups is 3. The molecule has 1 saturated carbocycles. The van der Waals surface area contributed by atoms with Crippen LogP contribution in [0.25, 0.3) is 0 Å². The zero-order valence-electron chi connectivity index (χ0n) is 19.8. The maximum atomic E-state index is 13.2. The van der Waals surface area contributed by atoms with Gasteiger partial charge >= 0.3 is 0 Å². The molecular formula is C26H29N3O5S. The summed E-state index contributed by atoms with van der Waals surface area (Å²) in [6.07, 6.45) is 5.44. The predicted octanol–water partition coefficient (Wildman–Crippen LogP) is 3.45. The van der Waals surface area contributed by atoms with Crippen LogP contribution in [-0.2, 0) is 16.6 Å². The molecule has 2 radical (unpaired) electrons. The average Bonchev–Trinajstić information content (AvgIpc) is 2.87. The van der Waals surface area contributed by atoms with Crippen LogP contribution in [0.15, 0.2) is 24.3 Å². The summed E-state index contributed by atoms with van der Waals surface area (Å²) in [5, 5.41) is 16.8. The Morgan fingerprint density at radius 2 is 1.83 bits per heavy atom. The highest BCUT2D eigenvalue weighted by atomic mass is 32.1. The van der Waals surface area contributed by atoms with Crippen LogP contribution >= 0.6 is 12.2 Å². The monoisotopic (exact) mass is 495 g/mol. The molecule has 0 aromatic heterocycles. The largest absolute Gasteiger partial charge is 0.389 e. The minimum atomic E-state index is -0.840. The first-order valence-electron chi connectivity index (χ1n) is 11.6. The summed E-state index contributed by atoms with van der Waals surface area (Å²) < 4.78 is 0. The zero-order valence-corrected chi connectivity index (χ0v) is 20.6. The number of thiocarbonyl (C=S) groups is 1. The van der Waals surface area contributed by atoms with Crippen molar-refractivity contribution in [3.05, 3.63) is 63.7 Å². The van der Waals surface area contributed by atoms with Crippen molar-refractivity contribution in [2.24, 2.45) is 5.73 Å². The van der Waals surface area contributed by atoms with Gasteiger partial charge in [0.2, 0.25) is 6.41 Å². The lowest BCUT2D eigenvalue weighted by molar-refractivity contribution is -0.209. The quantitative estimate of drug-likeness (QED) is 0.152. The fourth-order valence-electron chi connectivity index (χ4n) is 4.64. The van der Waals surface area contributed by atoms with E-state index in [9.17, 15) is 19.6 Å². The van der Waals surface area contributed by atoms with E-state index in [-0.39, 0.29) is 34.7 Å². The Morgan fingerprint density at radius 3 is 2.40 bits per heavy atom. The summed E-state index contributed by atoms with van der Waals surface area (Å²) in [5.41, 5.74) is 8.86. The third kappa shape index (κ3) is 6.04. The molecule has 3 rings (SSSR count). The van der Waals surface area contributed by atoms with Gasteiger partial charge in [-0.25, -0.2) is 0 Å². The normalized spacial score (nSPS) is 14.6. The number of carbonyl (C=O) groups excluding carboxylic acids is 3. The molecule has 0 bridgehead atoms. The van der Waals surface area contributed by atoms with Crippen LogP contribution in [0.4, 0.5) is 0 Å². The van der Waals surface area contributed by atoms with Gasteiger partial charge in [0, 0.05) is 34.6 Å². The molecule has 1 unspecified atom stereocenters. The van der Waals surface area contributed by atoms with Gasteiger partial charge in [-0.15, -0.1) is 0 Å². The Bertz CT molecular complexity index is 1110. The molecule has 2 amide bonds. The highest BCUT2D eigenvalue weighted by molar-refractivity contribution is 7.80. The smallest absolute Gasteiger partial charge is 0.251 e. The number of amides is 2. The van der Waals surface area contributed by atoms with Crippen LogP contribution in [-0.4, -0.2) is 29.1 Å². The predicted molar refractivity (Wildman–Crippen MR) is 134 cm³/mol. The highest BCUT2D eigenvalue weighted by Crippen LogP contribution is 2.40. The van der Waals surface area contributed by atoms with Crippen LogP contribution < -0.4 is 21.3 Å². The van der Waals surface area contributed by atoms with Crippen LogP contribution in [0.2, 0.25) is 0 Å². The number of hydrogen-bond acceptors (Lipinski definition) is 5. The Kier molecular flexibility index (Phi) is 8.95. The lowest BCUT2D eigenvalue weighted by atomic mass is 9.78. The molecule has 1 aliphatic carbocycles. The molecule has 35 heavy (non-hydrogen) atoms. The van der Waals surface area contributed by atoms with E-state index in [0.29, 0.717) is 28.7 Å². The lowest BCUT2D eigenvalue weighted by Crippen LogP contribution is -2.35. The third-order valence-corrected chi connectivity index (χ3v) is 6.76. The van der Waals surface area contributed by atoms with Gasteiger partial charge in [-0.2, -0.15) is 0 Å². The number of nitrogens with two attached hydrogens (primary N) is 1. The molecular weight excluding hydrogens is 466 g/mol. The Hall–Kier alpha value is -3.30. The van der Waals surface area contributed by atoms with Gasteiger partial charge in [0.15, 0.2) is 11.5 Å². The molecule has 0 saturated heterocycles. The van der Waals surface area contributed by atoms with Gasteiger partial charge in [0.1, 0.15) is 4.99 Å². The summed E-state index contributed by atoms with van der Waals surface area (Å²) in [6.45, 7) is 3.37. The van der Waals surface area contributed by atoms with Crippen LogP contribution in [0.1, 0.15) is 87.9 Å². The number of benzene rings is 2. The second kappa shape index (κ2) is 11.9. The van der Waals surface area contributed by atoms with Crippen molar-refractivity contribution in [3.63, 3.8) is 0 Å². The minimum absolute atomic E-state index is 0.0457. The molecule has 4 N–H and O–H groups in total. The van der Waals surface area contributed by atoms with Gasteiger partial charge in [0.05, 0.1) is 6.04 Å². The van der Waals surface area contributed by atoms with Crippen molar-refractivity contribution in [1.82, 2.24) is 10.6 Å². The van der Waals surface area contributed by atoms with Gasteiger partial charge in [-0.1, -0.05) is 43.6 Å². The lowest BCUT2D eigenvalue weighted by Gasteiger charge is -2.28. The SMILES string of the molecule is Cc1c(O[O])[c]c(C(=O)C(C)NC=O)c(CNC(=O)c2ccc(C(N)=S)cc2)c1C1CCCCC1. The van der Waals surface area contributed by atoms with Crippen LogP contribution in [0.3, 0.4) is 0 Å². The van der Waals surface area contributed by atoms with Crippen molar-refractivity contribution in [2.75, 3.05) is 0 Å². The van der Waals surface area contributed by atoms with Crippen molar-refractivity contribution in [3.8, 4) is 5.75 Å². The number of Topliss-reactive ketones (excluding diaryl/α,β-unsaturated/α-hetero) is 1. The molecule has 9 heteroatoms. The van der Waals surface area contributed by atoms with E-state index in [2.05, 4.69) is 21.6 Å². The molecule has 2 aromatic carbocycles. The zero-order chi connectivity index (χ0) is 25.5. The molecule has 2 aromatic rings. The van der Waals surface area contributed by atoms with Gasteiger partial charge in [-0.05, 0) is 61.4 Å². The number of nitrogens with one attached hydrogen (secondary N) is 2. The molecule has 1 aliphatic rings. The fourth-order valence-corrected chi connectivity index (χ4v) is 4.77. The van der Waals surface area contributed by atoms with E-state index in [0.717, 1.165) is 37.7 Å². The van der Waals surface area contributed by atoms with Crippen molar-refractivity contribution < 1.29 is 24.5 Å². The molecule has 0 spiro atoms. The van der Waals surface area contributed by atoms with Gasteiger partial charge in [0.25, 0.3) is 5.91 Å². The third-order valence-electron chi connectivity index (χ3n) is 6.52. The van der Waals surface area contributed by atoms with Crippen LogP contribution in [0, 0.1) is 13.0 Å². The van der Waals surface area contributed by atoms with E-state index in [1.54, 1.807) is 38.1 Å². The highest BCUT2D eigenvalue weighted by Gasteiger charge is 2.29. The molecule has 184 valence electrons. The average molecular weight is 496 g/mol. The number of hydrogen-bond donors (Lipinski definition) is 3. The topological polar surface area (TPSA) is 130 Å². The molecule has 1 atom stereocenters. The van der Waals surface area contributed by atoms with Gasteiger partial charge in [-0.3, -0.25) is 14.4 Å². The van der Waals surface area contributed by atoms with E-state index < -0.39 is 11.8 Å². The summed E-state index contributed by atoms with van der Waals surface area (Å²) in [5.74, 6) is -0.689. The summed E-state index contributed by atoms with van der Waals surface area (Å²) in [7, 11) is 0. The van der Waals surface area contributed by atoms with Crippen molar-refractivity contribution in [1.29, 1.82) is 0 Å². The Labute approximate surface area is 210 Å². The number of ketones is 1. The minimum Gasteiger partial charge on any atom is -0.389 e. The summed E-state index contributed by atoms with van der Waals surface area (Å²) in [4.78, 5) is 41.7. The second-order valence-electron chi connectivity index (χ2n) is 8.76. The fraction of sp³-hybridized carbons (Fsp3) is 0.385. The second-order valence-corrected chi connectivity index (χ2v) is 9.20. The number of rotatable bonds is 10. The van der Waals surface area contributed by atoms with E-state index in [1.165, 1.54) is 0 Å². The first-order valence-corrected chi connectivity index (χ1v) is 12.0. The molecule has 0 heterocycles. The maximum Gasteiger partial charge on any atom is 0.251 e. The van der Waals surface area contributed by atoms with Crippen molar-refractivity contribution in [2.45, 2.75) is 64.5 Å². The Balaban J connectivity index is 2.02. The van der Waals surface area contributed by atoms with Crippen molar-refractivity contribution >= 4 is 35.3 Å². The van der Waals surface area contributed by atoms with Crippen LogP contribution in [0.5, 0.6) is 5.75 Å². The van der Waals surface area contributed by atoms with E-state index in [4.69, 9.17) is 18.0 Å². The standard InChI is InChI=1S/C26H29N3O5S/c1-15-22(34-33)12-20(24(31)16(2)29-14-30)21(23(15)17-6-4-3-5-7-17)13-28-26(32)19-10-8-18(9-11-19)25(27)35/h8-11,14,16-17H,3-7,13H2,1-2H3,(H2,27,35)(H,28,32)(H,29,30). The Morgan fingerprint density at radius 1 is 1.20 bits per heavy atom. The van der Waals surface area contributed by atoms with E-state index in [1.807, 2.05) is 0 Å². The molecule has 1 fully saturated rings. The van der Waals surface area contributed by atoms with Gasteiger partial charge < -0.3 is 21.3 Å². The first-order chi connectivity index (χ1) is 16.8. The summed E-state index contributed by atoms with van der Waals surface area (Å²) >= 11 is 4.96. The first kappa shape index (κ1) is 26.3.